The summed E-state index contributed by atoms with van der Waals surface area (Å²) in [5.41, 5.74) is -2.01. The van der Waals surface area contributed by atoms with E-state index in [1.807, 2.05) is 0 Å². The summed E-state index contributed by atoms with van der Waals surface area (Å²) >= 11 is 0. The number of carbonyl (C=O) groups is 2. The van der Waals surface area contributed by atoms with Gasteiger partial charge in [-0.15, -0.1) is 0 Å². The van der Waals surface area contributed by atoms with Crippen molar-refractivity contribution in [2.75, 3.05) is 0 Å². The van der Waals surface area contributed by atoms with E-state index in [2.05, 4.69) is 0 Å². The predicted octanol–water partition coefficient (Wildman–Crippen LogP) is -11.7. The Morgan fingerprint density at radius 2 is 1.21 bits per heavy atom. The molecular formula is C8H3K3O7S. The molecule has 1 aromatic carbocycles. The van der Waals surface area contributed by atoms with Crippen LogP contribution in [0.3, 0.4) is 0 Å². The first-order valence-electron chi connectivity index (χ1n) is 3.76. The van der Waals surface area contributed by atoms with E-state index in [1.165, 1.54) is 0 Å². The van der Waals surface area contributed by atoms with Crippen LogP contribution in [0, 0.1) is 0 Å². The van der Waals surface area contributed by atoms with Crippen LogP contribution in [0.25, 0.3) is 0 Å². The molecule has 86 valence electrons. The first-order chi connectivity index (χ1) is 7.25. The molecule has 0 amide bonds. The van der Waals surface area contributed by atoms with Crippen LogP contribution in [0.4, 0.5) is 0 Å². The molecule has 0 radical (unpaired) electrons. The molecule has 0 heterocycles. The number of rotatable bonds is 3. The van der Waals surface area contributed by atoms with Crippen LogP contribution in [0.1, 0.15) is 20.7 Å². The molecule has 0 saturated carbocycles. The van der Waals surface area contributed by atoms with E-state index in [4.69, 9.17) is 0 Å². The van der Waals surface area contributed by atoms with Gasteiger partial charge in [0.05, 0.1) is 16.8 Å². The Morgan fingerprint density at radius 1 is 0.895 bits per heavy atom. The van der Waals surface area contributed by atoms with E-state index in [1.54, 1.807) is 0 Å². The maximum Gasteiger partial charge on any atom is 1.00 e. The van der Waals surface area contributed by atoms with Gasteiger partial charge in [-0.05, 0) is 0 Å². The molecule has 0 aliphatic carbocycles. The number of aromatic carboxylic acids is 2. The molecule has 1 rings (SSSR count). The molecule has 0 aromatic heterocycles. The van der Waals surface area contributed by atoms with Gasteiger partial charge in [0, 0.05) is 11.1 Å². The van der Waals surface area contributed by atoms with Crippen LogP contribution in [-0.4, -0.2) is 24.9 Å². The maximum atomic E-state index is 10.7. The minimum Gasteiger partial charge on any atom is -0.744 e. The fourth-order valence-electron chi connectivity index (χ4n) is 1.13. The minimum absolute atomic E-state index is 0. The quantitative estimate of drug-likeness (QED) is 0.385. The van der Waals surface area contributed by atoms with Crippen molar-refractivity contribution in [3.8, 4) is 0 Å². The van der Waals surface area contributed by atoms with Crippen LogP contribution in [0.2, 0.25) is 0 Å². The third kappa shape index (κ3) is 7.87. The average Bonchev–Trinajstić information content (AvgIpc) is 2.15. The zero-order valence-electron chi connectivity index (χ0n) is 10.5. The standard InChI is InChI=1S/C8H6O7S.3K/c9-7(10)4-2-1-3-5(8(11)12)6(4)16(13,14)15;;;/h1-3H,(H,9,10)(H,11,12)(H,13,14,15);;;/q;3*+1/p-3. The van der Waals surface area contributed by atoms with E-state index >= 15 is 0 Å². The van der Waals surface area contributed by atoms with E-state index in [9.17, 15) is 32.8 Å². The number of benzene rings is 1. The van der Waals surface area contributed by atoms with Gasteiger partial charge in [0.25, 0.3) is 0 Å². The molecule has 0 fully saturated rings. The van der Waals surface area contributed by atoms with Crippen molar-refractivity contribution >= 4 is 22.1 Å². The molecule has 0 saturated heterocycles. The van der Waals surface area contributed by atoms with Crippen molar-refractivity contribution in [2.45, 2.75) is 4.90 Å². The van der Waals surface area contributed by atoms with Gasteiger partial charge >= 0.3 is 154 Å². The zero-order chi connectivity index (χ0) is 12.5. The maximum absolute atomic E-state index is 10.7. The molecule has 1 aromatic rings. The van der Waals surface area contributed by atoms with Crippen LogP contribution >= 0.6 is 0 Å². The normalized spacial score (nSPS) is 9.32. The Kier molecular flexibility index (Phi) is 16.3. The molecule has 11 heteroatoms. The monoisotopic (exact) mass is 360 g/mol. The average molecular weight is 360 g/mol. The summed E-state index contributed by atoms with van der Waals surface area (Å²) in [5.74, 6) is -3.92. The van der Waals surface area contributed by atoms with E-state index < -0.39 is 38.1 Å². The largest absolute Gasteiger partial charge is 1.00 e. The molecule has 0 N–H and O–H groups in total. The second kappa shape index (κ2) is 11.5. The van der Waals surface area contributed by atoms with Gasteiger partial charge in [0.15, 0.2) is 0 Å². The van der Waals surface area contributed by atoms with Gasteiger partial charge < -0.3 is 24.4 Å². The Balaban J connectivity index is -0.000000853. The number of hydrogen-bond acceptors (Lipinski definition) is 7. The van der Waals surface area contributed by atoms with Gasteiger partial charge in [0.2, 0.25) is 0 Å². The molecule has 7 nitrogen and oxygen atoms in total. The SMILES string of the molecule is O=C([O-])c1cccc(C(=O)[O-])c1S(=O)(=O)[O-].[K+].[K+].[K+]. The number of hydrogen-bond donors (Lipinski definition) is 0. The summed E-state index contributed by atoms with van der Waals surface area (Å²) in [6.07, 6.45) is 0. The summed E-state index contributed by atoms with van der Waals surface area (Å²) in [4.78, 5) is 19.7. The molecule has 0 bridgehead atoms. The minimum atomic E-state index is -5.25. The van der Waals surface area contributed by atoms with E-state index in [0.29, 0.717) is 0 Å². The molecule has 19 heavy (non-hydrogen) atoms. The number of carbonyl (C=O) groups excluding carboxylic acids is 2. The summed E-state index contributed by atoms with van der Waals surface area (Å²) in [6.45, 7) is 0. The Labute approximate surface area is 236 Å². The van der Waals surface area contributed by atoms with Crippen molar-refractivity contribution in [1.29, 1.82) is 0 Å². The summed E-state index contributed by atoms with van der Waals surface area (Å²) in [6, 6.07) is 2.48. The first-order valence-corrected chi connectivity index (χ1v) is 5.17. The van der Waals surface area contributed by atoms with Crippen molar-refractivity contribution in [3.05, 3.63) is 29.3 Å². The molecule has 0 unspecified atom stereocenters. The van der Waals surface area contributed by atoms with Crippen LogP contribution in [0.5, 0.6) is 0 Å². The van der Waals surface area contributed by atoms with E-state index in [-0.39, 0.29) is 154 Å². The zero-order valence-corrected chi connectivity index (χ0v) is 20.7. The molecule has 0 spiro atoms. The van der Waals surface area contributed by atoms with Crippen LogP contribution in [-0.2, 0) is 10.1 Å². The van der Waals surface area contributed by atoms with Gasteiger partial charge in [-0.2, -0.15) is 0 Å². The van der Waals surface area contributed by atoms with Gasteiger partial charge in [-0.3, -0.25) is 0 Å². The third-order valence-electron chi connectivity index (χ3n) is 1.70. The second-order valence-electron chi connectivity index (χ2n) is 2.71. The van der Waals surface area contributed by atoms with Crippen molar-refractivity contribution in [1.82, 2.24) is 0 Å². The summed E-state index contributed by atoms with van der Waals surface area (Å²) in [7, 11) is -5.25. The molecule has 0 aliphatic rings. The van der Waals surface area contributed by atoms with E-state index in [0.717, 1.165) is 18.2 Å². The Hall–Kier alpha value is 2.98. The topological polar surface area (TPSA) is 137 Å². The van der Waals surface area contributed by atoms with Crippen molar-refractivity contribution in [2.24, 2.45) is 0 Å². The Morgan fingerprint density at radius 3 is 1.42 bits per heavy atom. The second-order valence-corrected chi connectivity index (χ2v) is 4.03. The molecular weight excluding hydrogens is 357 g/mol. The molecule has 0 atom stereocenters. The number of carboxylic acid groups (broad SMARTS) is 2. The van der Waals surface area contributed by atoms with Crippen molar-refractivity contribution in [3.63, 3.8) is 0 Å². The van der Waals surface area contributed by atoms with Gasteiger partial charge in [0.1, 0.15) is 10.1 Å². The number of carboxylic acids is 2. The van der Waals surface area contributed by atoms with Crippen LogP contribution in [0.15, 0.2) is 23.1 Å². The van der Waals surface area contributed by atoms with Crippen LogP contribution < -0.4 is 164 Å². The predicted molar refractivity (Wildman–Crippen MR) is 43.1 cm³/mol. The summed E-state index contributed by atoms with van der Waals surface area (Å²) < 4.78 is 32.2. The fraction of sp³-hybridized carbons (Fsp3) is 0. The Bertz CT molecular complexity index is 537. The first kappa shape index (κ1) is 26.9. The molecule has 0 aliphatic heterocycles. The summed E-state index contributed by atoms with van der Waals surface area (Å²) in [5, 5.41) is 21.0. The third-order valence-corrected chi connectivity index (χ3v) is 2.64. The fourth-order valence-corrected chi connectivity index (χ4v) is 1.97. The smallest absolute Gasteiger partial charge is 0.744 e. The van der Waals surface area contributed by atoms with Gasteiger partial charge in [-0.25, -0.2) is 8.42 Å². The van der Waals surface area contributed by atoms with Crippen molar-refractivity contribution < 1.29 is 187 Å². The van der Waals surface area contributed by atoms with Gasteiger partial charge in [-0.1, -0.05) is 18.2 Å².